The Bertz CT molecular complexity index is 269. The lowest BCUT2D eigenvalue weighted by Gasteiger charge is -2.11. The molecule has 1 aromatic carbocycles. The first-order valence-electron chi connectivity index (χ1n) is 4.02. The second-order valence-corrected chi connectivity index (χ2v) is 3.11. The molecule has 0 fully saturated rings. The molecule has 2 heteroatoms. The first kappa shape index (κ1) is 9.23. The average molecular weight is 166 g/mol. The van der Waals surface area contributed by atoms with Gasteiger partial charge in [0.2, 0.25) is 0 Å². The Balaban J connectivity index is 3.01. The molecule has 1 N–H and O–H groups in total. The van der Waals surface area contributed by atoms with Crippen molar-refractivity contribution >= 4 is 0 Å². The van der Waals surface area contributed by atoms with Gasteiger partial charge in [-0.15, -0.1) is 0 Å². The van der Waals surface area contributed by atoms with Gasteiger partial charge in [0.25, 0.3) is 0 Å². The van der Waals surface area contributed by atoms with E-state index in [1.54, 1.807) is 0 Å². The molecule has 1 aromatic rings. The number of hydrogen-bond acceptors (Lipinski definition) is 2. The van der Waals surface area contributed by atoms with Gasteiger partial charge in [-0.3, -0.25) is 5.26 Å². The van der Waals surface area contributed by atoms with Crippen molar-refractivity contribution in [3.05, 3.63) is 34.9 Å². The smallest absolute Gasteiger partial charge is 0.115 e. The second kappa shape index (κ2) is 3.70. The highest BCUT2D eigenvalue weighted by Crippen LogP contribution is 2.20. The van der Waals surface area contributed by atoms with Crippen molar-refractivity contribution in [2.24, 2.45) is 0 Å². The molecule has 0 aliphatic rings. The molecule has 0 radical (unpaired) electrons. The normalized spacial score (nSPS) is 13.0. The van der Waals surface area contributed by atoms with E-state index in [0.29, 0.717) is 0 Å². The standard InChI is InChI=1S/C10H14O2/c1-7-4-5-10(8(2)6-7)9(3)12-11/h4-6,9,11H,1-3H3. The van der Waals surface area contributed by atoms with Crippen LogP contribution in [0, 0.1) is 13.8 Å². The van der Waals surface area contributed by atoms with Crippen LogP contribution in [0.5, 0.6) is 0 Å². The van der Waals surface area contributed by atoms with Crippen LogP contribution < -0.4 is 0 Å². The Morgan fingerprint density at radius 2 is 2.00 bits per heavy atom. The van der Waals surface area contributed by atoms with Crippen LogP contribution in [0.4, 0.5) is 0 Å². The zero-order valence-corrected chi connectivity index (χ0v) is 7.66. The first-order valence-corrected chi connectivity index (χ1v) is 4.02. The third kappa shape index (κ3) is 1.84. The first-order chi connectivity index (χ1) is 5.65. The monoisotopic (exact) mass is 166 g/mol. The van der Waals surface area contributed by atoms with Gasteiger partial charge in [-0.05, 0) is 31.9 Å². The van der Waals surface area contributed by atoms with Gasteiger partial charge in [-0.1, -0.05) is 23.8 Å². The van der Waals surface area contributed by atoms with Gasteiger partial charge >= 0.3 is 0 Å². The van der Waals surface area contributed by atoms with Crippen LogP contribution in [0.1, 0.15) is 29.7 Å². The topological polar surface area (TPSA) is 29.5 Å². The fraction of sp³-hybridized carbons (Fsp3) is 0.400. The Labute approximate surface area is 72.7 Å². The quantitative estimate of drug-likeness (QED) is 0.540. The van der Waals surface area contributed by atoms with E-state index in [1.165, 1.54) is 5.56 Å². The molecule has 0 aromatic heterocycles. The molecule has 0 aliphatic heterocycles. The number of aryl methyl sites for hydroxylation is 2. The third-order valence-electron chi connectivity index (χ3n) is 2.02. The van der Waals surface area contributed by atoms with Crippen LogP contribution in [-0.2, 0) is 4.89 Å². The molecule has 66 valence electrons. The van der Waals surface area contributed by atoms with Gasteiger partial charge in [-0.25, -0.2) is 4.89 Å². The van der Waals surface area contributed by atoms with Gasteiger partial charge < -0.3 is 0 Å². The fourth-order valence-electron chi connectivity index (χ4n) is 1.34. The molecule has 12 heavy (non-hydrogen) atoms. The minimum atomic E-state index is -0.245. The molecule has 0 spiro atoms. The van der Waals surface area contributed by atoms with Crippen molar-refractivity contribution < 1.29 is 10.1 Å². The molecule has 0 saturated carbocycles. The molecule has 1 rings (SSSR count). The van der Waals surface area contributed by atoms with E-state index in [0.717, 1.165) is 11.1 Å². The van der Waals surface area contributed by atoms with Crippen LogP contribution in [0.3, 0.4) is 0 Å². The van der Waals surface area contributed by atoms with E-state index >= 15 is 0 Å². The summed E-state index contributed by atoms with van der Waals surface area (Å²) in [6, 6.07) is 6.06. The minimum absolute atomic E-state index is 0.245. The van der Waals surface area contributed by atoms with Crippen LogP contribution in [-0.4, -0.2) is 5.26 Å². The predicted octanol–water partition coefficient (Wildman–Crippen LogP) is 2.85. The van der Waals surface area contributed by atoms with Gasteiger partial charge in [0.1, 0.15) is 6.10 Å². The summed E-state index contributed by atoms with van der Waals surface area (Å²) in [5.41, 5.74) is 3.40. The Hall–Kier alpha value is -0.860. The fourth-order valence-corrected chi connectivity index (χ4v) is 1.34. The van der Waals surface area contributed by atoms with Crippen molar-refractivity contribution in [1.82, 2.24) is 0 Å². The summed E-state index contributed by atoms with van der Waals surface area (Å²) in [6.07, 6.45) is -0.245. The summed E-state index contributed by atoms with van der Waals surface area (Å²) in [5.74, 6) is 0. The molecule has 0 aliphatic carbocycles. The molecule has 0 bridgehead atoms. The third-order valence-corrected chi connectivity index (χ3v) is 2.02. The Morgan fingerprint density at radius 3 is 2.50 bits per heavy atom. The molecule has 0 heterocycles. The number of rotatable bonds is 2. The number of hydrogen-bond donors (Lipinski definition) is 1. The van der Waals surface area contributed by atoms with E-state index in [4.69, 9.17) is 5.26 Å². The second-order valence-electron chi connectivity index (χ2n) is 3.11. The maximum atomic E-state index is 8.48. The van der Waals surface area contributed by atoms with Crippen LogP contribution in [0.2, 0.25) is 0 Å². The predicted molar refractivity (Wildman–Crippen MR) is 48.0 cm³/mol. The highest BCUT2D eigenvalue weighted by molar-refractivity contribution is 5.31. The van der Waals surface area contributed by atoms with Crippen molar-refractivity contribution in [1.29, 1.82) is 0 Å². The largest absolute Gasteiger partial charge is 0.251 e. The summed E-state index contributed by atoms with van der Waals surface area (Å²) in [4.78, 5) is 4.26. The molecule has 0 saturated heterocycles. The highest BCUT2D eigenvalue weighted by atomic mass is 17.1. The molecule has 0 amide bonds. The zero-order valence-electron chi connectivity index (χ0n) is 7.66. The maximum Gasteiger partial charge on any atom is 0.115 e. The summed E-state index contributed by atoms with van der Waals surface area (Å²) < 4.78 is 0. The maximum absolute atomic E-state index is 8.48. The van der Waals surface area contributed by atoms with E-state index < -0.39 is 0 Å². The molecule has 2 nitrogen and oxygen atoms in total. The molecular weight excluding hydrogens is 152 g/mol. The van der Waals surface area contributed by atoms with E-state index in [2.05, 4.69) is 11.0 Å². The zero-order chi connectivity index (χ0) is 9.14. The summed E-state index contributed by atoms with van der Waals surface area (Å²) >= 11 is 0. The van der Waals surface area contributed by atoms with Gasteiger partial charge in [-0.2, -0.15) is 0 Å². The molecule has 1 atom stereocenters. The van der Waals surface area contributed by atoms with Gasteiger partial charge in [0, 0.05) is 0 Å². The lowest BCUT2D eigenvalue weighted by atomic mass is 10.0. The van der Waals surface area contributed by atoms with E-state index in [1.807, 2.05) is 32.9 Å². The summed E-state index contributed by atoms with van der Waals surface area (Å²) in [7, 11) is 0. The summed E-state index contributed by atoms with van der Waals surface area (Å²) in [6.45, 7) is 5.87. The van der Waals surface area contributed by atoms with Gasteiger partial charge in [0.05, 0.1) is 0 Å². The minimum Gasteiger partial charge on any atom is -0.251 e. The average Bonchev–Trinajstić information content (AvgIpc) is 2.03. The SMILES string of the molecule is Cc1ccc(C(C)OO)c(C)c1. The molecule has 1 unspecified atom stereocenters. The Kier molecular flexibility index (Phi) is 2.84. The van der Waals surface area contributed by atoms with E-state index in [-0.39, 0.29) is 6.10 Å². The van der Waals surface area contributed by atoms with Crippen molar-refractivity contribution in [3.63, 3.8) is 0 Å². The van der Waals surface area contributed by atoms with Crippen LogP contribution in [0.25, 0.3) is 0 Å². The van der Waals surface area contributed by atoms with Crippen LogP contribution >= 0.6 is 0 Å². The van der Waals surface area contributed by atoms with Crippen molar-refractivity contribution in [3.8, 4) is 0 Å². The Morgan fingerprint density at radius 1 is 1.33 bits per heavy atom. The highest BCUT2D eigenvalue weighted by Gasteiger charge is 2.07. The van der Waals surface area contributed by atoms with Crippen LogP contribution in [0.15, 0.2) is 18.2 Å². The summed E-state index contributed by atoms with van der Waals surface area (Å²) in [5, 5.41) is 8.48. The molecular formula is C10H14O2. The van der Waals surface area contributed by atoms with Crippen molar-refractivity contribution in [2.45, 2.75) is 26.9 Å². The van der Waals surface area contributed by atoms with Crippen molar-refractivity contribution in [2.75, 3.05) is 0 Å². The lowest BCUT2D eigenvalue weighted by Crippen LogP contribution is -1.98. The van der Waals surface area contributed by atoms with Gasteiger partial charge in [0.15, 0.2) is 0 Å². The number of benzene rings is 1. The van der Waals surface area contributed by atoms with E-state index in [9.17, 15) is 0 Å². The lowest BCUT2D eigenvalue weighted by molar-refractivity contribution is -0.277.